The lowest BCUT2D eigenvalue weighted by Gasteiger charge is -1.75. The average Bonchev–Trinajstić information content (AvgIpc) is 1.94. The van der Waals surface area contributed by atoms with Crippen molar-refractivity contribution in [2.24, 2.45) is 4.99 Å². The molecule has 1 aliphatic heterocycles. The molecule has 0 atom stereocenters. The van der Waals surface area contributed by atoms with Crippen molar-refractivity contribution in [2.45, 2.75) is 6.92 Å². The zero-order chi connectivity index (χ0) is 5.82. The van der Waals surface area contributed by atoms with Crippen LogP contribution in [0.1, 0.15) is 6.92 Å². The van der Waals surface area contributed by atoms with E-state index in [1.54, 1.807) is 12.4 Å². The van der Waals surface area contributed by atoms with Gasteiger partial charge in [0.05, 0.1) is 0 Å². The van der Waals surface area contributed by atoms with Crippen molar-refractivity contribution >= 4 is 6.21 Å². The van der Waals surface area contributed by atoms with Crippen LogP contribution in [0.5, 0.6) is 0 Å². The third kappa shape index (κ3) is 1.21. The third-order valence-electron chi connectivity index (χ3n) is 0.848. The maximum Gasteiger partial charge on any atom is 0.0374 e. The highest BCUT2D eigenvalue weighted by atomic mass is 14.7. The number of hydrogen-bond donors (Lipinski definition) is 0. The molecule has 8 heavy (non-hydrogen) atoms. The van der Waals surface area contributed by atoms with Crippen LogP contribution in [0, 0.1) is 0 Å². The lowest BCUT2D eigenvalue weighted by molar-refractivity contribution is 1.56. The standard InChI is InChI=1S/C7H7N/c1-7-4-2-3-5-8-6-7/h2-3,5-6H,1H3. The maximum absolute atomic E-state index is 3.92. The molecule has 0 fully saturated rings. The SMILES string of the molecule is CC1=C=CC=CN=C1. The van der Waals surface area contributed by atoms with E-state index in [4.69, 9.17) is 0 Å². The van der Waals surface area contributed by atoms with E-state index in [1.807, 2.05) is 19.1 Å². The Balaban J connectivity index is 2.95. The first-order valence-corrected chi connectivity index (χ1v) is 2.51. The van der Waals surface area contributed by atoms with Gasteiger partial charge in [0.25, 0.3) is 0 Å². The molecule has 1 aliphatic rings. The fourth-order valence-corrected chi connectivity index (χ4v) is 0.464. The lowest BCUT2D eigenvalue weighted by atomic mass is 10.3. The molecule has 0 unspecified atom stereocenters. The normalized spacial score (nSPS) is 15.9. The summed E-state index contributed by atoms with van der Waals surface area (Å²) in [5, 5.41) is 0. The summed E-state index contributed by atoms with van der Waals surface area (Å²) in [5.74, 6) is 0. The van der Waals surface area contributed by atoms with E-state index in [0.29, 0.717) is 0 Å². The molecule has 0 spiro atoms. The van der Waals surface area contributed by atoms with Crippen molar-refractivity contribution in [1.29, 1.82) is 0 Å². The molecule has 0 N–H and O–H groups in total. The molecule has 40 valence electrons. The Morgan fingerprint density at radius 3 is 3.38 bits per heavy atom. The van der Waals surface area contributed by atoms with Crippen LogP contribution < -0.4 is 0 Å². The molecule has 0 radical (unpaired) electrons. The number of nitrogens with zero attached hydrogens (tertiary/aromatic N) is 1. The van der Waals surface area contributed by atoms with Crippen molar-refractivity contribution in [3.05, 3.63) is 29.7 Å². The third-order valence-corrected chi connectivity index (χ3v) is 0.848. The van der Waals surface area contributed by atoms with Crippen LogP contribution in [0.3, 0.4) is 0 Å². The monoisotopic (exact) mass is 105 g/mol. The van der Waals surface area contributed by atoms with Crippen LogP contribution in [-0.4, -0.2) is 6.21 Å². The molecule has 1 rings (SSSR count). The Morgan fingerprint density at radius 2 is 2.50 bits per heavy atom. The van der Waals surface area contributed by atoms with Crippen LogP contribution in [0.15, 0.2) is 34.6 Å². The Kier molecular flexibility index (Phi) is 1.45. The Labute approximate surface area is 48.7 Å². The summed E-state index contributed by atoms with van der Waals surface area (Å²) in [4.78, 5) is 3.92. The minimum atomic E-state index is 1.06. The smallest absolute Gasteiger partial charge is 0.0374 e. The maximum atomic E-state index is 3.92. The molecule has 0 saturated carbocycles. The molecule has 1 nitrogen and oxygen atoms in total. The fraction of sp³-hybridized carbons (Fsp3) is 0.143. The van der Waals surface area contributed by atoms with Crippen LogP contribution in [0.2, 0.25) is 0 Å². The van der Waals surface area contributed by atoms with E-state index in [2.05, 4.69) is 10.7 Å². The van der Waals surface area contributed by atoms with Gasteiger partial charge >= 0.3 is 0 Å². The van der Waals surface area contributed by atoms with Gasteiger partial charge in [0.1, 0.15) is 0 Å². The van der Waals surface area contributed by atoms with Crippen LogP contribution >= 0.6 is 0 Å². The van der Waals surface area contributed by atoms with Gasteiger partial charge in [0, 0.05) is 18.0 Å². The second-order valence-electron chi connectivity index (χ2n) is 1.61. The second-order valence-corrected chi connectivity index (χ2v) is 1.61. The average molecular weight is 105 g/mol. The highest BCUT2D eigenvalue weighted by Crippen LogP contribution is 1.89. The summed E-state index contributed by atoms with van der Waals surface area (Å²) in [6.07, 6.45) is 7.22. The van der Waals surface area contributed by atoms with Gasteiger partial charge in [-0.25, -0.2) is 0 Å². The Hall–Kier alpha value is -1.07. The van der Waals surface area contributed by atoms with Crippen LogP contribution in [0.25, 0.3) is 0 Å². The summed E-state index contributed by atoms with van der Waals surface area (Å²) in [5.41, 5.74) is 4.06. The van der Waals surface area contributed by atoms with E-state index in [1.165, 1.54) is 0 Å². The van der Waals surface area contributed by atoms with Gasteiger partial charge in [0.15, 0.2) is 0 Å². The van der Waals surface area contributed by atoms with E-state index < -0.39 is 0 Å². The van der Waals surface area contributed by atoms with Crippen LogP contribution in [-0.2, 0) is 0 Å². The fourth-order valence-electron chi connectivity index (χ4n) is 0.464. The molecule has 0 amide bonds. The van der Waals surface area contributed by atoms with Gasteiger partial charge < -0.3 is 0 Å². The molecule has 0 aromatic heterocycles. The number of aliphatic imine (C=N–C) groups is 1. The van der Waals surface area contributed by atoms with Gasteiger partial charge in [-0.15, -0.1) is 5.73 Å². The number of rotatable bonds is 0. The summed E-state index contributed by atoms with van der Waals surface area (Å²) >= 11 is 0. The quantitative estimate of drug-likeness (QED) is 0.416. The summed E-state index contributed by atoms with van der Waals surface area (Å²) in [6, 6.07) is 0. The Bertz CT molecular complexity index is 190. The van der Waals surface area contributed by atoms with Crippen LogP contribution in [0.4, 0.5) is 0 Å². The van der Waals surface area contributed by atoms with Gasteiger partial charge in [-0.3, -0.25) is 4.99 Å². The van der Waals surface area contributed by atoms with E-state index in [9.17, 15) is 0 Å². The van der Waals surface area contributed by atoms with E-state index in [0.717, 1.165) is 5.57 Å². The zero-order valence-corrected chi connectivity index (χ0v) is 4.76. The summed E-state index contributed by atoms with van der Waals surface area (Å²) in [6.45, 7) is 1.97. The van der Waals surface area contributed by atoms with E-state index in [-0.39, 0.29) is 0 Å². The predicted octanol–water partition coefficient (Wildman–Crippen LogP) is 1.69. The van der Waals surface area contributed by atoms with Crippen molar-refractivity contribution in [3.63, 3.8) is 0 Å². The molecular weight excluding hydrogens is 98.1 g/mol. The summed E-state index contributed by atoms with van der Waals surface area (Å²) < 4.78 is 0. The molecule has 0 aliphatic carbocycles. The largest absolute Gasteiger partial charge is 0.264 e. The van der Waals surface area contributed by atoms with Gasteiger partial charge in [0.2, 0.25) is 0 Å². The highest BCUT2D eigenvalue weighted by molar-refractivity contribution is 5.78. The molecular formula is C7H7N. The Morgan fingerprint density at radius 1 is 1.62 bits per heavy atom. The predicted molar refractivity (Wildman–Crippen MR) is 34.9 cm³/mol. The topological polar surface area (TPSA) is 12.4 Å². The zero-order valence-electron chi connectivity index (χ0n) is 4.76. The summed E-state index contributed by atoms with van der Waals surface area (Å²) in [7, 11) is 0. The first-order valence-electron chi connectivity index (χ1n) is 2.51. The number of allylic oxidation sites excluding steroid dienone is 2. The molecule has 1 heteroatoms. The first kappa shape index (κ1) is 5.07. The van der Waals surface area contributed by atoms with Crippen molar-refractivity contribution in [1.82, 2.24) is 0 Å². The minimum Gasteiger partial charge on any atom is -0.264 e. The first-order chi connectivity index (χ1) is 3.89. The molecule has 0 aromatic rings. The van der Waals surface area contributed by atoms with Crippen molar-refractivity contribution < 1.29 is 0 Å². The molecule has 0 aromatic carbocycles. The molecule has 1 heterocycles. The van der Waals surface area contributed by atoms with Gasteiger partial charge in [-0.05, 0) is 19.1 Å². The highest BCUT2D eigenvalue weighted by Gasteiger charge is 1.76. The van der Waals surface area contributed by atoms with Crippen molar-refractivity contribution in [3.8, 4) is 0 Å². The van der Waals surface area contributed by atoms with Gasteiger partial charge in [-0.2, -0.15) is 0 Å². The molecule has 0 bridgehead atoms. The molecule has 0 saturated heterocycles. The van der Waals surface area contributed by atoms with Gasteiger partial charge in [-0.1, -0.05) is 0 Å². The minimum absolute atomic E-state index is 1.06. The number of hydrogen-bond acceptors (Lipinski definition) is 1. The van der Waals surface area contributed by atoms with E-state index >= 15 is 0 Å². The lowest BCUT2D eigenvalue weighted by Crippen LogP contribution is -1.68. The second kappa shape index (κ2) is 2.29. The van der Waals surface area contributed by atoms with Crippen molar-refractivity contribution in [2.75, 3.05) is 0 Å².